The third-order valence-corrected chi connectivity index (χ3v) is 4.39. The van der Waals surface area contributed by atoms with E-state index in [2.05, 4.69) is 19.9 Å². The van der Waals surface area contributed by atoms with Crippen LogP contribution in [0.5, 0.6) is 5.75 Å². The largest absolute Gasteiger partial charge is 0.496 e. The number of carboxylic acid groups (broad SMARTS) is 1. The van der Waals surface area contributed by atoms with E-state index in [4.69, 9.17) is 4.74 Å². The Morgan fingerprint density at radius 1 is 1.21 bits per heavy atom. The standard InChI is InChI=1S/C20H21NO3/c1-12(2)14-10-15(13(3)9-18(14)24-4)16-11-21-8-6-5-7-17(21)19(16)20(22)23/h5-12H,1-4H3,(H,22,23). The summed E-state index contributed by atoms with van der Waals surface area (Å²) >= 11 is 0. The molecule has 24 heavy (non-hydrogen) atoms. The minimum atomic E-state index is -0.917. The minimum absolute atomic E-state index is 0.282. The third-order valence-electron chi connectivity index (χ3n) is 4.39. The molecule has 0 spiro atoms. The van der Waals surface area contributed by atoms with Crippen LogP contribution >= 0.6 is 0 Å². The highest BCUT2D eigenvalue weighted by atomic mass is 16.5. The first-order valence-electron chi connectivity index (χ1n) is 7.96. The monoisotopic (exact) mass is 323 g/mol. The second-order valence-electron chi connectivity index (χ2n) is 6.28. The summed E-state index contributed by atoms with van der Waals surface area (Å²) in [6.07, 6.45) is 3.76. The summed E-state index contributed by atoms with van der Waals surface area (Å²) in [6, 6.07) is 9.61. The average molecular weight is 323 g/mol. The number of rotatable bonds is 4. The highest BCUT2D eigenvalue weighted by molar-refractivity contribution is 6.04. The number of methoxy groups -OCH3 is 1. The second kappa shape index (κ2) is 6.04. The summed E-state index contributed by atoms with van der Waals surface area (Å²) in [5.74, 6) is 0.205. The number of carboxylic acids is 1. The minimum Gasteiger partial charge on any atom is -0.496 e. The van der Waals surface area contributed by atoms with E-state index < -0.39 is 5.97 Å². The zero-order chi connectivity index (χ0) is 17.4. The van der Waals surface area contributed by atoms with E-state index >= 15 is 0 Å². The Balaban J connectivity index is 2.33. The van der Waals surface area contributed by atoms with E-state index in [1.54, 1.807) is 7.11 Å². The van der Waals surface area contributed by atoms with Crippen LogP contribution in [-0.4, -0.2) is 22.6 Å². The van der Waals surface area contributed by atoms with Gasteiger partial charge in [0.1, 0.15) is 5.75 Å². The van der Waals surface area contributed by atoms with Crippen molar-refractivity contribution in [2.75, 3.05) is 7.11 Å². The number of benzene rings is 1. The number of hydrogen-bond donors (Lipinski definition) is 1. The Bertz CT molecular complexity index is 922. The molecular weight excluding hydrogens is 302 g/mol. The highest BCUT2D eigenvalue weighted by Crippen LogP contribution is 2.37. The summed E-state index contributed by atoms with van der Waals surface area (Å²) in [7, 11) is 1.66. The van der Waals surface area contributed by atoms with Crippen LogP contribution in [0.25, 0.3) is 16.6 Å². The Hall–Kier alpha value is -2.75. The first kappa shape index (κ1) is 16.1. The van der Waals surface area contributed by atoms with E-state index in [9.17, 15) is 9.90 Å². The average Bonchev–Trinajstić information content (AvgIpc) is 2.93. The third kappa shape index (κ3) is 2.54. The zero-order valence-corrected chi connectivity index (χ0v) is 14.3. The van der Waals surface area contributed by atoms with Crippen LogP contribution in [0.4, 0.5) is 0 Å². The molecule has 0 saturated carbocycles. The number of aryl methyl sites for hydroxylation is 1. The molecule has 0 aliphatic carbocycles. The van der Waals surface area contributed by atoms with E-state index in [0.717, 1.165) is 28.0 Å². The molecule has 0 atom stereocenters. The molecule has 4 nitrogen and oxygen atoms in total. The number of aromatic carboxylic acids is 1. The van der Waals surface area contributed by atoms with Crippen molar-refractivity contribution in [1.29, 1.82) is 0 Å². The fourth-order valence-electron chi connectivity index (χ4n) is 3.17. The van der Waals surface area contributed by atoms with Crippen LogP contribution in [0.3, 0.4) is 0 Å². The SMILES string of the molecule is COc1cc(C)c(-c2cn3ccccc3c2C(=O)O)cc1C(C)C. The molecule has 0 aliphatic heterocycles. The maximum atomic E-state index is 11.9. The molecule has 2 aromatic heterocycles. The fraction of sp³-hybridized carbons (Fsp3) is 0.250. The summed E-state index contributed by atoms with van der Waals surface area (Å²) in [5.41, 5.74) is 4.76. The summed E-state index contributed by atoms with van der Waals surface area (Å²) in [4.78, 5) is 11.9. The Morgan fingerprint density at radius 3 is 2.58 bits per heavy atom. The van der Waals surface area contributed by atoms with Crippen molar-refractivity contribution >= 4 is 11.5 Å². The van der Waals surface area contributed by atoms with Gasteiger partial charge in [-0.3, -0.25) is 0 Å². The van der Waals surface area contributed by atoms with Gasteiger partial charge in [0, 0.05) is 18.0 Å². The van der Waals surface area contributed by atoms with Crippen molar-refractivity contribution in [3.63, 3.8) is 0 Å². The molecule has 0 aliphatic rings. The second-order valence-corrected chi connectivity index (χ2v) is 6.28. The van der Waals surface area contributed by atoms with Crippen LogP contribution in [0, 0.1) is 6.92 Å². The van der Waals surface area contributed by atoms with Crippen molar-refractivity contribution in [2.45, 2.75) is 26.7 Å². The number of fused-ring (bicyclic) bond motifs is 1. The number of pyridine rings is 1. The molecule has 2 heterocycles. The van der Waals surface area contributed by atoms with Crippen LogP contribution in [0.2, 0.25) is 0 Å². The number of aromatic nitrogens is 1. The summed E-state index contributed by atoms with van der Waals surface area (Å²) in [5, 5.41) is 9.75. The molecule has 4 heteroatoms. The Labute approximate surface area is 141 Å². The molecule has 1 aromatic carbocycles. The molecule has 1 N–H and O–H groups in total. The van der Waals surface area contributed by atoms with Gasteiger partial charge in [0.25, 0.3) is 0 Å². The predicted octanol–water partition coefficient (Wildman–Crippen LogP) is 4.74. The molecule has 0 saturated heterocycles. The van der Waals surface area contributed by atoms with Crippen molar-refractivity contribution in [2.24, 2.45) is 0 Å². The van der Waals surface area contributed by atoms with Crippen LogP contribution < -0.4 is 4.74 Å². The molecule has 0 fully saturated rings. The van der Waals surface area contributed by atoms with Crippen molar-refractivity contribution < 1.29 is 14.6 Å². The van der Waals surface area contributed by atoms with Gasteiger partial charge in [0.15, 0.2) is 0 Å². The molecule has 3 aromatic rings. The Morgan fingerprint density at radius 2 is 1.96 bits per heavy atom. The first-order valence-corrected chi connectivity index (χ1v) is 7.96. The summed E-state index contributed by atoms with van der Waals surface area (Å²) < 4.78 is 7.35. The van der Waals surface area contributed by atoms with Gasteiger partial charge in [-0.1, -0.05) is 19.9 Å². The van der Waals surface area contributed by atoms with Crippen LogP contribution in [-0.2, 0) is 0 Å². The number of hydrogen-bond acceptors (Lipinski definition) is 2. The van der Waals surface area contributed by atoms with E-state index in [-0.39, 0.29) is 5.92 Å². The molecule has 0 radical (unpaired) electrons. The first-order chi connectivity index (χ1) is 11.4. The predicted molar refractivity (Wildman–Crippen MR) is 95.2 cm³/mol. The van der Waals surface area contributed by atoms with Crippen molar-refractivity contribution in [3.8, 4) is 16.9 Å². The normalized spacial score (nSPS) is 11.2. The van der Waals surface area contributed by atoms with Crippen LogP contribution in [0.1, 0.15) is 41.3 Å². The lowest BCUT2D eigenvalue weighted by Crippen LogP contribution is -2.00. The maximum absolute atomic E-state index is 11.9. The molecular formula is C20H21NO3. The highest BCUT2D eigenvalue weighted by Gasteiger charge is 2.21. The summed E-state index contributed by atoms with van der Waals surface area (Å²) in [6.45, 7) is 6.19. The van der Waals surface area contributed by atoms with Crippen molar-refractivity contribution in [3.05, 3.63) is 59.4 Å². The fourth-order valence-corrected chi connectivity index (χ4v) is 3.17. The topological polar surface area (TPSA) is 50.9 Å². The molecule has 0 unspecified atom stereocenters. The lowest BCUT2D eigenvalue weighted by Gasteiger charge is -2.16. The van der Waals surface area contributed by atoms with E-state index in [0.29, 0.717) is 11.1 Å². The number of nitrogens with zero attached hydrogens (tertiary/aromatic N) is 1. The van der Waals surface area contributed by atoms with Gasteiger partial charge < -0.3 is 14.2 Å². The van der Waals surface area contributed by atoms with E-state index in [1.807, 2.05) is 48.0 Å². The lowest BCUT2D eigenvalue weighted by molar-refractivity contribution is 0.0700. The quantitative estimate of drug-likeness (QED) is 0.754. The Kier molecular flexibility index (Phi) is 4.06. The van der Waals surface area contributed by atoms with E-state index in [1.165, 1.54) is 0 Å². The van der Waals surface area contributed by atoms with Gasteiger partial charge in [-0.05, 0) is 53.8 Å². The van der Waals surface area contributed by atoms with Gasteiger partial charge in [0.2, 0.25) is 0 Å². The lowest BCUT2D eigenvalue weighted by atomic mass is 9.92. The van der Waals surface area contributed by atoms with Gasteiger partial charge in [-0.25, -0.2) is 4.79 Å². The van der Waals surface area contributed by atoms with Gasteiger partial charge in [0.05, 0.1) is 18.2 Å². The molecule has 0 amide bonds. The number of carbonyl (C=O) groups is 1. The molecule has 124 valence electrons. The zero-order valence-electron chi connectivity index (χ0n) is 14.3. The van der Waals surface area contributed by atoms with Gasteiger partial charge in [-0.15, -0.1) is 0 Å². The van der Waals surface area contributed by atoms with Gasteiger partial charge in [-0.2, -0.15) is 0 Å². The van der Waals surface area contributed by atoms with Crippen LogP contribution in [0.15, 0.2) is 42.7 Å². The molecule has 3 rings (SSSR count). The molecule has 0 bridgehead atoms. The van der Waals surface area contributed by atoms with Crippen molar-refractivity contribution in [1.82, 2.24) is 4.40 Å². The van der Waals surface area contributed by atoms with Gasteiger partial charge >= 0.3 is 5.97 Å². The number of ether oxygens (including phenoxy) is 1. The smallest absolute Gasteiger partial charge is 0.338 e. The maximum Gasteiger partial charge on any atom is 0.338 e.